The van der Waals surface area contributed by atoms with E-state index in [0.29, 0.717) is 11.1 Å². The first-order valence-corrected chi connectivity index (χ1v) is 10.4. The molecule has 0 fully saturated rings. The molecule has 0 aliphatic heterocycles. The zero-order valence-electron chi connectivity index (χ0n) is 14.2. The molecule has 1 unspecified atom stereocenters. The molecule has 0 N–H and O–H groups in total. The second kappa shape index (κ2) is 6.71. The second-order valence-electron chi connectivity index (χ2n) is 5.44. The second-order valence-corrected chi connectivity index (χ2v) is 8.63. The van der Waals surface area contributed by atoms with Crippen molar-refractivity contribution in [2.45, 2.75) is 14.9 Å². The predicted octanol–water partition coefficient (Wildman–Crippen LogP) is 0.907. The summed E-state index contributed by atoms with van der Waals surface area (Å²) >= 11 is -1.42. The molecule has 3 rings (SSSR count). The number of benzene rings is 1. The summed E-state index contributed by atoms with van der Waals surface area (Å²) in [6.07, 6.45) is 2.77. The van der Waals surface area contributed by atoms with Crippen LogP contribution >= 0.6 is 0 Å². The summed E-state index contributed by atoms with van der Waals surface area (Å²) in [4.78, 5) is 20.3. The molecular formula is C16H15N3O5S2. The van der Waals surface area contributed by atoms with Crippen LogP contribution in [0.2, 0.25) is 0 Å². The lowest BCUT2D eigenvalue weighted by Crippen LogP contribution is -2.25. The van der Waals surface area contributed by atoms with Crippen molar-refractivity contribution in [2.75, 3.05) is 13.4 Å². The van der Waals surface area contributed by atoms with E-state index in [4.69, 9.17) is 4.74 Å². The smallest absolute Gasteiger partial charge is 0.344 e. The molecule has 0 aliphatic carbocycles. The van der Waals surface area contributed by atoms with Crippen molar-refractivity contribution in [1.82, 2.24) is 14.5 Å². The molecular weight excluding hydrogens is 378 g/mol. The van der Waals surface area contributed by atoms with Gasteiger partial charge in [0.15, 0.2) is 5.65 Å². The SMILES string of the molecule is COc1ccc(S(=O)(=O)c2cc3cnc([S+](C)[O-])nc3n(C)c2=O)cc1. The molecule has 0 saturated heterocycles. The van der Waals surface area contributed by atoms with Crippen molar-refractivity contribution >= 4 is 32.0 Å². The maximum absolute atomic E-state index is 12.9. The van der Waals surface area contributed by atoms with Crippen molar-refractivity contribution in [1.29, 1.82) is 0 Å². The van der Waals surface area contributed by atoms with Crippen LogP contribution in [-0.2, 0) is 28.1 Å². The van der Waals surface area contributed by atoms with Crippen LogP contribution in [-0.4, -0.2) is 40.9 Å². The summed E-state index contributed by atoms with van der Waals surface area (Å²) in [5, 5.41) is 0.423. The van der Waals surface area contributed by atoms with Gasteiger partial charge in [0.05, 0.1) is 12.0 Å². The average Bonchev–Trinajstić information content (AvgIpc) is 2.64. The Kier molecular flexibility index (Phi) is 4.74. The zero-order valence-corrected chi connectivity index (χ0v) is 15.8. The molecule has 0 spiro atoms. The fourth-order valence-corrected chi connectivity index (χ4v) is 4.23. The number of fused-ring (bicyclic) bond motifs is 1. The number of pyridine rings is 1. The third-order valence-corrected chi connectivity index (χ3v) is 6.29. The minimum absolute atomic E-state index is 0.0260. The van der Waals surface area contributed by atoms with Gasteiger partial charge in [0.25, 0.3) is 5.56 Å². The van der Waals surface area contributed by atoms with Crippen LogP contribution in [0.3, 0.4) is 0 Å². The number of hydrogen-bond donors (Lipinski definition) is 0. The minimum atomic E-state index is -4.04. The van der Waals surface area contributed by atoms with E-state index < -0.39 is 26.6 Å². The molecule has 2 heterocycles. The van der Waals surface area contributed by atoms with E-state index in [1.165, 1.54) is 56.9 Å². The predicted molar refractivity (Wildman–Crippen MR) is 95.6 cm³/mol. The number of methoxy groups -OCH3 is 1. The number of sulfone groups is 1. The van der Waals surface area contributed by atoms with Gasteiger partial charge < -0.3 is 9.29 Å². The molecule has 1 aromatic carbocycles. The van der Waals surface area contributed by atoms with Gasteiger partial charge in [-0.3, -0.25) is 9.36 Å². The lowest BCUT2D eigenvalue weighted by Gasteiger charge is -2.10. The highest BCUT2D eigenvalue weighted by molar-refractivity contribution is 7.91. The molecule has 0 amide bonds. The monoisotopic (exact) mass is 393 g/mol. The Morgan fingerprint density at radius 2 is 1.88 bits per heavy atom. The van der Waals surface area contributed by atoms with Crippen LogP contribution in [0.25, 0.3) is 11.0 Å². The molecule has 26 heavy (non-hydrogen) atoms. The van der Waals surface area contributed by atoms with Crippen LogP contribution in [0.4, 0.5) is 0 Å². The van der Waals surface area contributed by atoms with Crippen molar-refractivity contribution in [2.24, 2.45) is 7.05 Å². The third kappa shape index (κ3) is 3.06. The van der Waals surface area contributed by atoms with Gasteiger partial charge in [-0.1, -0.05) is 0 Å². The molecule has 2 aromatic heterocycles. The minimum Gasteiger partial charge on any atom is -0.609 e. The van der Waals surface area contributed by atoms with E-state index in [-0.39, 0.29) is 20.6 Å². The summed E-state index contributed by atoms with van der Waals surface area (Å²) < 4.78 is 43.4. The first-order valence-electron chi connectivity index (χ1n) is 7.35. The molecule has 3 aromatic rings. The number of aryl methyl sites for hydroxylation is 1. The van der Waals surface area contributed by atoms with Crippen molar-refractivity contribution in [3.8, 4) is 5.75 Å². The van der Waals surface area contributed by atoms with Gasteiger partial charge in [-0.15, -0.1) is 0 Å². The van der Waals surface area contributed by atoms with Crippen LogP contribution in [0.5, 0.6) is 5.75 Å². The fourth-order valence-electron chi connectivity index (χ4n) is 2.41. The Labute approximate surface area is 152 Å². The lowest BCUT2D eigenvalue weighted by molar-refractivity contribution is 0.414. The van der Waals surface area contributed by atoms with Gasteiger partial charge in [0.1, 0.15) is 16.9 Å². The Bertz CT molecular complexity index is 1140. The Balaban J connectivity index is 2.22. The molecule has 8 nitrogen and oxygen atoms in total. The van der Waals surface area contributed by atoms with Crippen LogP contribution in [0.15, 0.2) is 56.3 Å². The fraction of sp³-hybridized carbons (Fsp3) is 0.188. The Morgan fingerprint density at radius 1 is 1.23 bits per heavy atom. The van der Waals surface area contributed by atoms with Gasteiger partial charge in [-0.25, -0.2) is 8.42 Å². The van der Waals surface area contributed by atoms with Crippen LogP contribution in [0, 0.1) is 0 Å². The standard InChI is InChI=1S/C16H15N3O5S2/c1-19-14-10(9-17-16(18-14)25(3)21)8-13(15(19)20)26(22,23)12-6-4-11(24-2)5-7-12/h4-9H,1-3H3. The number of rotatable bonds is 4. The van der Waals surface area contributed by atoms with Gasteiger partial charge in [0.2, 0.25) is 9.84 Å². The summed E-state index contributed by atoms with van der Waals surface area (Å²) in [7, 11) is -1.16. The van der Waals surface area contributed by atoms with E-state index in [1.807, 2.05) is 0 Å². The molecule has 10 heteroatoms. The number of ether oxygens (including phenoxy) is 1. The normalized spacial score (nSPS) is 12.9. The van der Waals surface area contributed by atoms with Gasteiger partial charge >= 0.3 is 5.16 Å². The summed E-state index contributed by atoms with van der Waals surface area (Å²) in [6, 6.07) is 6.99. The Hall–Kier alpha value is -2.43. The number of aromatic nitrogens is 3. The maximum Gasteiger partial charge on any atom is 0.344 e. The van der Waals surface area contributed by atoms with E-state index >= 15 is 0 Å². The Morgan fingerprint density at radius 3 is 2.46 bits per heavy atom. The van der Waals surface area contributed by atoms with Gasteiger partial charge in [-0.2, -0.15) is 9.97 Å². The molecule has 0 radical (unpaired) electrons. The zero-order chi connectivity index (χ0) is 19.1. The van der Waals surface area contributed by atoms with Crippen molar-refractivity contribution < 1.29 is 17.7 Å². The molecule has 0 aliphatic rings. The summed E-state index contributed by atoms with van der Waals surface area (Å²) in [6.45, 7) is 0. The number of hydrogen-bond acceptors (Lipinski definition) is 7. The number of nitrogens with zero attached hydrogens (tertiary/aromatic N) is 3. The highest BCUT2D eigenvalue weighted by Gasteiger charge is 2.24. The van der Waals surface area contributed by atoms with Gasteiger partial charge in [-0.05, 0) is 30.3 Å². The van der Waals surface area contributed by atoms with Crippen molar-refractivity contribution in [3.05, 3.63) is 46.9 Å². The highest BCUT2D eigenvalue weighted by Crippen LogP contribution is 2.23. The van der Waals surface area contributed by atoms with Crippen molar-refractivity contribution in [3.63, 3.8) is 0 Å². The first kappa shape index (κ1) is 18.4. The van der Waals surface area contributed by atoms with E-state index in [9.17, 15) is 17.8 Å². The van der Waals surface area contributed by atoms with E-state index in [2.05, 4.69) is 9.97 Å². The topological polar surface area (TPSA) is 114 Å². The molecule has 0 saturated carbocycles. The lowest BCUT2D eigenvalue weighted by atomic mass is 10.3. The quantitative estimate of drug-likeness (QED) is 0.478. The average molecular weight is 393 g/mol. The molecule has 1 atom stereocenters. The maximum atomic E-state index is 12.9. The summed E-state index contributed by atoms with van der Waals surface area (Å²) in [5.41, 5.74) is -0.510. The third-order valence-electron chi connectivity index (χ3n) is 3.81. The first-order chi connectivity index (χ1) is 12.3. The van der Waals surface area contributed by atoms with Gasteiger partial charge in [0, 0.05) is 29.8 Å². The summed E-state index contributed by atoms with van der Waals surface area (Å²) in [5.74, 6) is 0.504. The van der Waals surface area contributed by atoms with E-state index in [1.54, 1.807) is 0 Å². The largest absolute Gasteiger partial charge is 0.609 e. The van der Waals surface area contributed by atoms with Crippen LogP contribution in [0.1, 0.15) is 0 Å². The van der Waals surface area contributed by atoms with E-state index in [0.717, 1.165) is 4.57 Å². The molecule has 136 valence electrons. The molecule has 0 bridgehead atoms. The highest BCUT2D eigenvalue weighted by atomic mass is 32.2. The van der Waals surface area contributed by atoms with Crippen LogP contribution < -0.4 is 10.3 Å².